The molecule has 1 fully saturated rings. The van der Waals surface area contributed by atoms with Gasteiger partial charge in [0.05, 0.1) is 37.0 Å². The van der Waals surface area contributed by atoms with Crippen molar-refractivity contribution in [3.05, 3.63) is 82.9 Å². The molecular weight excluding hydrogens is 1010 g/mol. The Morgan fingerprint density at radius 1 is 0.699 bits per heavy atom. The zero-order chi connectivity index (χ0) is 53.1. The molecule has 73 heavy (non-hydrogen) atoms. The molecule has 1 saturated heterocycles. The Morgan fingerprint density at radius 2 is 1.15 bits per heavy atom. The van der Waals surface area contributed by atoms with Gasteiger partial charge in [-0.05, 0) is 90.8 Å². The van der Waals surface area contributed by atoms with Gasteiger partial charge in [-0.25, -0.2) is 38.3 Å². The number of amides is 2. The number of carbonyl (C=O) groups excluding carboxylic acids is 2. The van der Waals surface area contributed by atoms with E-state index < -0.39 is 34.0 Å². The fourth-order valence-electron chi connectivity index (χ4n) is 7.32. The molecule has 1 aliphatic heterocycles. The summed E-state index contributed by atoms with van der Waals surface area (Å²) < 4.78 is 73.2. The van der Waals surface area contributed by atoms with Crippen LogP contribution in [-0.2, 0) is 19.7 Å². The van der Waals surface area contributed by atoms with Gasteiger partial charge >= 0.3 is 22.4 Å². The Morgan fingerprint density at radius 3 is 1.60 bits per heavy atom. The molecule has 1 aliphatic rings. The highest BCUT2D eigenvalue weighted by Crippen LogP contribution is 2.39. The van der Waals surface area contributed by atoms with E-state index in [2.05, 4.69) is 65.6 Å². The summed E-state index contributed by atoms with van der Waals surface area (Å²) in [5.41, 5.74) is 8.40. The Kier molecular flexibility index (Phi) is 18.7. The number of methoxy groups -OCH3 is 2. The molecule has 4 aromatic heterocycles. The summed E-state index contributed by atoms with van der Waals surface area (Å²) in [6.45, 7) is 12.8. The van der Waals surface area contributed by atoms with Crippen LogP contribution in [0.3, 0.4) is 0 Å². The van der Waals surface area contributed by atoms with Crippen molar-refractivity contribution in [1.29, 1.82) is 0 Å². The number of piperidine rings is 1. The molecule has 0 spiro atoms. The van der Waals surface area contributed by atoms with Crippen LogP contribution >= 0.6 is 23.2 Å². The number of nitrogen functional groups attached to an aromatic ring is 1. The monoisotopic (exact) mass is 1070 g/mol. The Labute approximate surface area is 432 Å². The zero-order valence-corrected chi connectivity index (χ0v) is 43.8. The lowest BCUT2D eigenvalue weighted by Gasteiger charge is -2.26. The van der Waals surface area contributed by atoms with E-state index in [1.54, 1.807) is 47.0 Å². The molecule has 7 N–H and O–H groups in total. The predicted octanol–water partition coefficient (Wildman–Crippen LogP) is 8.80. The first-order chi connectivity index (χ1) is 34.7. The van der Waals surface area contributed by atoms with E-state index in [9.17, 15) is 22.4 Å². The van der Waals surface area contributed by atoms with Gasteiger partial charge in [-0.2, -0.15) is 22.9 Å². The number of hydrogen-bond donors (Lipinski definition) is 6. The van der Waals surface area contributed by atoms with Crippen LogP contribution in [0.1, 0.15) is 72.9 Å². The van der Waals surface area contributed by atoms with Gasteiger partial charge in [0, 0.05) is 107 Å². The van der Waals surface area contributed by atoms with Gasteiger partial charge in [0.25, 0.3) is 0 Å². The fourth-order valence-corrected chi connectivity index (χ4v) is 9.06. The molecule has 392 valence electrons. The van der Waals surface area contributed by atoms with Crippen LogP contribution in [0.5, 0.6) is 0 Å². The lowest BCUT2D eigenvalue weighted by atomic mass is 10.0. The highest BCUT2D eigenvalue weighted by Gasteiger charge is 2.28. The van der Waals surface area contributed by atoms with Crippen molar-refractivity contribution in [1.82, 2.24) is 54.4 Å². The highest BCUT2D eigenvalue weighted by molar-refractivity contribution is 7.90. The van der Waals surface area contributed by atoms with Crippen molar-refractivity contribution in [2.24, 2.45) is 0 Å². The van der Waals surface area contributed by atoms with Gasteiger partial charge in [0.1, 0.15) is 11.4 Å². The minimum atomic E-state index is -3.97. The molecule has 0 aliphatic carbocycles. The van der Waals surface area contributed by atoms with Crippen LogP contribution in [0.2, 0.25) is 10.0 Å². The summed E-state index contributed by atoms with van der Waals surface area (Å²) in [6, 6.07) is 8.35. The first-order valence-corrected chi connectivity index (χ1v) is 25.4. The fraction of sp³-hybridized carbons (Fsp3) is 0.404. The first kappa shape index (κ1) is 55.4. The van der Waals surface area contributed by atoms with Crippen molar-refractivity contribution in [2.45, 2.75) is 85.0 Å². The Balaban J connectivity index is 0.000000246. The summed E-state index contributed by atoms with van der Waals surface area (Å²) in [4.78, 5) is 40.3. The molecule has 0 bridgehead atoms. The molecule has 26 heteroatoms. The van der Waals surface area contributed by atoms with Gasteiger partial charge in [0.2, 0.25) is 11.9 Å². The van der Waals surface area contributed by atoms with Crippen LogP contribution in [0.4, 0.5) is 41.6 Å². The van der Waals surface area contributed by atoms with E-state index >= 15 is 4.39 Å². The average molecular weight is 1070 g/mol. The standard InChI is InChI=1S/C26H34ClFN8O4S.C21H25ClFN7O2/c1-16(2)36-15-20(24(33-36)21-8-9-29-25(32-21)30-14-17(3)31-26(37)40-4)19-12-18(27)13-22(23(19)28)34-41(38,39)35-10-6-5-7-11-35;1-11(2)30-10-15(14-7-13(22)8-16(24)18(14)23)19(29-30)17-5-6-25-20(28-17)26-9-12(3)27-21(31)32-4/h8-9,12-13,15-17,34H,5-7,10-11,14H2,1-4H3,(H,31,37)(H,29,30,32);5-8,10-12H,9,24H2,1-4H3,(H,27,31)(H,25,26,28)/t17-;12-/m00/s1. The molecule has 5 heterocycles. The molecule has 21 nitrogen and oxygen atoms in total. The quantitative estimate of drug-likeness (QED) is 0.0466. The summed E-state index contributed by atoms with van der Waals surface area (Å²) in [5, 5.41) is 21.2. The number of carbonyl (C=O) groups is 2. The molecule has 2 atom stereocenters. The molecule has 0 unspecified atom stereocenters. The van der Waals surface area contributed by atoms with Crippen LogP contribution in [0.25, 0.3) is 45.0 Å². The summed E-state index contributed by atoms with van der Waals surface area (Å²) in [6.07, 6.45) is 7.89. The maximum absolute atomic E-state index is 16.0. The predicted molar refractivity (Wildman–Crippen MR) is 277 cm³/mol. The van der Waals surface area contributed by atoms with Crippen LogP contribution in [0, 0.1) is 11.6 Å². The lowest BCUT2D eigenvalue weighted by Crippen LogP contribution is -2.39. The normalized spacial score (nSPS) is 13.7. The number of rotatable bonds is 17. The number of halogens is 4. The third kappa shape index (κ3) is 14.4. The number of hydrogen-bond acceptors (Lipinski definition) is 15. The number of nitrogens with zero attached hydrogens (tertiary/aromatic N) is 9. The van der Waals surface area contributed by atoms with Crippen LogP contribution in [0.15, 0.2) is 61.2 Å². The number of alkyl carbamates (subject to hydrolysis) is 2. The van der Waals surface area contributed by atoms with E-state index in [1.807, 2.05) is 34.6 Å². The second-order valence-electron chi connectivity index (χ2n) is 17.5. The number of anilines is 4. The molecule has 2 amide bonds. The number of ether oxygens (including phenoxy) is 2. The van der Waals surface area contributed by atoms with Crippen molar-refractivity contribution in [3.8, 4) is 45.0 Å². The van der Waals surface area contributed by atoms with Crippen molar-refractivity contribution >= 4 is 68.9 Å². The van der Waals surface area contributed by atoms with E-state index in [1.165, 1.54) is 49.0 Å². The SMILES string of the molecule is COC(=O)N[C@@H](C)CNc1nccc(-c2nn(C(C)C)cc2-c2cc(Cl)cc(N)c2F)n1.COC(=O)N[C@@H](C)CNc1nccc(-c2nn(C(C)C)cc2-c2cc(Cl)cc(NS(=O)(=O)N3CCCCC3)c2F)n1. The molecule has 7 rings (SSSR count). The first-order valence-electron chi connectivity index (χ1n) is 23.2. The Bertz CT molecular complexity index is 3010. The van der Waals surface area contributed by atoms with Gasteiger partial charge < -0.3 is 36.5 Å². The number of nitrogens with one attached hydrogen (secondary N) is 5. The summed E-state index contributed by atoms with van der Waals surface area (Å²) in [7, 11) is -1.39. The second kappa shape index (κ2) is 24.7. The maximum Gasteiger partial charge on any atom is 0.407 e. The van der Waals surface area contributed by atoms with Crippen molar-refractivity contribution in [3.63, 3.8) is 0 Å². The smallest absolute Gasteiger partial charge is 0.407 e. The van der Waals surface area contributed by atoms with Gasteiger partial charge in [-0.15, -0.1) is 0 Å². The Hall–Kier alpha value is -6.89. The lowest BCUT2D eigenvalue weighted by molar-refractivity contribution is 0.167. The van der Waals surface area contributed by atoms with Crippen LogP contribution in [-0.4, -0.2) is 117 Å². The van der Waals surface area contributed by atoms with E-state index in [4.69, 9.17) is 28.9 Å². The molecule has 2 aromatic carbocycles. The maximum atomic E-state index is 16.0. The minimum absolute atomic E-state index is 0.0340. The van der Waals surface area contributed by atoms with Crippen molar-refractivity contribution in [2.75, 3.05) is 61.5 Å². The number of benzene rings is 2. The molecule has 6 aromatic rings. The van der Waals surface area contributed by atoms with Crippen LogP contribution < -0.4 is 31.7 Å². The molecule has 0 radical (unpaired) electrons. The van der Waals surface area contributed by atoms with E-state index in [0.29, 0.717) is 71.1 Å². The van der Waals surface area contributed by atoms with E-state index in [-0.39, 0.29) is 57.6 Å². The second-order valence-corrected chi connectivity index (χ2v) is 20.1. The summed E-state index contributed by atoms with van der Waals surface area (Å²) >= 11 is 12.5. The minimum Gasteiger partial charge on any atom is -0.453 e. The average Bonchev–Trinajstić information content (AvgIpc) is 4.02. The largest absolute Gasteiger partial charge is 0.453 e. The molecular formula is C47H59Cl2F2N15O6S. The van der Waals surface area contributed by atoms with Gasteiger partial charge in [0.15, 0.2) is 11.6 Å². The summed E-state index contributed by atoms with van der Waals surface area (Å²) in [5.74, 6) is -0.756. The van der Waals surface area contributed by atoms with E-state index in [0.717, 1.165) is 19.3 Å². The third-order valence-electron chi connectivity index (χ3n) is 11.1. The molecule has 0 saturated carbocycles. The highest BCUT2D eigenvalue weighted by atomic mass is 35.5. The van der Waals surface area contributed by atoms with Gasteiger partial charge in [-0.1, -0.05) is 29.6 Å². The zero-order valence-electron chi connectivity index (χ0n) is 41.5. The van der Waals surface area contributed by atoms with Gasteiger partial charge in [-0.3, -0.25) is 14.1 Å². The van der Waals surface area contributed by atoms with Crippen molar-refractivity contribution < 1.29 is 36.3 Å². The number of aromatic nitrogens is 8. The topological polar surface area (TPSA) is 263 Å². The number of nitrogens with two attached hydrogens (primary N) is 1. The third-order valence-corrected chi connectivity index (χ3v) is 13.1.